The third-order valence-electron chi connectivity index (χ3n) is 3.97. The SMILES string of the molecule is CCOc1cc2c(cc1C=C1SC(=Nc3cccc(C)c3)NC1=O)OCO2. The van der Waals surface area contributed by atoms with Crippen molar-refractivity contribution in [2.24, 2.45) is 4.99 Å². The van der Waals surface area contributed by atoms with Crippen molar-refractivity contribution in [3.63, 3.8) is 0 Å². The number of ether oxygens (including phenoxy) is 3. The molecule has 1 fully saturated rings. The molecule has 0 radical (unpaired) electrons. The molecule has 1 saturated heterocycles. The first-order chi connectivity index (χ1) is 13.1. The van der Waals surface area contributed by atoms with Crippen molar-refractivity contribution in [3.05, 3.63) is 52.4 Å². The molecule has 0 spiro atoms. The number of amidine groups is 1. The fraction of sp³-hybridized carbons (Fsp3) is 0.200. The van der Waals surface area contributed by atoms with Crippen LogP contribution in [-0.2, 0) is 4.79 Å². The number of nitrogens with one attached hydrogen (secondary N) is 1. The lowest BCUT2D eigenvalue weighted by atomic mass is 10.1. The minimum Gasteiger partial charge on any atom is -0.493 e. The number of carbonyl (C=O) groups excluding carboxylic acids is 1. The number of hydrogen-bond donors (Lipinski definition) is 1. The lowest BCUT2D eigenvalue weighted by Gasteiger charge is -2.09. The van der Waals surface area contributed by atoms with E-state index in [1.807, 2.05) is 44.2 Å². The number of benzene rings is 2. The van der Waals surface area contributed by atoms with Crippen LogP contribution in [0.15, 0.2) is 46.3 Å². The monoisotopic (exact) mass is 382 g/mol. The van der Waals surface area contributed by atoms with E-state index in [-0.39, 0.29) is 12.7 Å². The van der Waals surface area contributed by atoms with Crippen molar-refractivity contribution in [2.45, 2.75) is 13.8 Å². The zero-order valence-corrected chi connectivity index (χ0v) is 15.8. The van der Waals surface area contributed by atoms with Crippen molar-refractivity contribution in [3.8, 4) is 17.2 Å². The van der Waals surface area contributed by atoms with E-state index in [0.717, 1.165) is 16.8 Å². The molecule has 7 heteroatoms. The van der Waals surface area contributed by atoms with Crippen LogP contribution < -0.4 is 19.5 Å². The highest BCUT2D eigenvalue weighted by Crippen LogP contribution is 2.40. The molecule has 138 valence electrons. The number of carbonyl (C=O) groups is 1. The Labute approximate surface area is 161 Å². The largest absolute Gasteiger partial charge is 0.493 e. The molecule has 2 aromatic carbocycles. The maximum absolute atomic E-state index is 12.4. The van der Waals surface area contributed by atoms with Crippen LogP contribution in [0.1, 0.15) is 18.1 Å². The van der Waals surface area contributed by atoms with Crippen LogP contribution >= 0.6 is 11.8 Å². The molecule has 0 unspecified atom stereocenters. The number of thioether (sulfide) groups is 1. The van der Waals surface area contributed by atoms with Gasteiger partial charge in [0.25, 0.3) is 5.91 Å². The summed E-state index contributed by atoms with van der Waals surface area (Å²) in [7, 11) is 0. The zero-order valence-electron chi connectivity index (χ0n) is 14.9. The summed E-state index contributed by atoms with van der Waals surface area (Å²) in [6, 6.07) is 11.4. The molecule has 1 amide bonds. The Morgan fingerprint density at radius 2 is 2.07 bits per heavy atom. The number of fused-ring (bicyclic) bond motifs is 1. The van der Waals surface area contributed by atoms with Gasteiger partial charge in [0.05, 0.1) is 17.2 Å². The van der Waals surface area contributed by atoms with Crippen molar-refractivity contribution >= 4 is 34.6 Å². The van der Waals surface area contributed by atoms with Gasteiger partial charge in [0, 0.05) is 11.6 Å². The summed E-state index contributed by atoms with van der Waals surface area (Å²) in [5, 5.41) is 3.36. The molecule has 2 aliphatic rings. The van der Waals surface area contributed by atoms with Gasteiger partial charge in [0.1, 0.15) is 5.75 Å². The summed E-state index contributed by atoms with van der Waals surface area (Å²) in [5.74, 6) is 1.74. The van der Waals surface area contributed by atoms with Gasteiger partial charge < -0.3 is 19.5 Å². The molecule has 0 bridgehead atoms. The van der Waals surface area contributed by atoms with E-state index in [0.29, 0.717) is 33.9 Å². The Morgan fingerprint density at radius 3 is 2.85 bits per heavy atom. The number of aryl methyl sites for hydroxylation is 1. The van der Waals surface area contributed by atoms with Gasteiger partial charge in [-0.2, -0.15) is 0 Å². The van der Waals surface area contributed by atoms with Gasteiger partial charge in [-0.3, -0.25) is 4.79 Å². The average Bonchev–Trinajstić information content (AvgIpc) is 3.21. The van der Waals surface area contributed by atoms with E-state index in [9.17, 15) is 4.79 Å². The maximum Gasteiger partial charge on any atom is 0.264 e. The molecule has 2 heterocycles. The number of rotatable bonds is 4. The molecule has 27 heavy (non-hydrogen) atoms. The van der Waals surface area contributed by atoms with Gasteiger partial charge in [-0.15, -0.1) is 0 Å². The second-order valence-electron chi connectivity index (χ2n) is 6.00. The van der Waals surface area contributed by atoms with E-state index in [1.54, 1.807) is 12.1 Å². The van der Waals surface area contributed by atoms with Crippen LogP contribution in [0.2, 0.25) is 0 Å². The van der Waals surface area contributed by atoms with E-state index in [4.69, 9.17) is 14.2 Å². The molecule has 0 aliphatic carbocycles. The second-order valence-corrected chi connectivity index (χ2v) is 7.03. The van der Waals surface area contributed by atoms with Crippen molar-refractivity contribution < 1.29 is 19.0 Å². The normalized spacial score (nSPS) is 18.2. The topological polar surface area (TPSA) is 69.2 Å². The Bertz CT molecular complexity index is 968. The molecule has 0 atom stereocenters. The quantitative estimate of drug-likeness (QED) is 0.809. The maximum atomic E-state index is 12.4. The number of hydrogen-bond acceptors (Lipinski definition) is 6. The summed E-state index contributed by atoms with van der Waals surface area (Å²) >= 11 is 1.30. The van der Waals surface area contributed by atoms with Crippen molar-refractivity contribution in [2.75, 3.05) is 13.4 Å². The first-order valence-electron chi connectivity index (χ1n) is 8.55. The fourth-order valence-electron chi connectivity index (χ4n) is 2.77. The van der Waals surface area contributed by atoms with Crippen LogP contribution in [0.25, 0.3) is 6.08 Å². The molecule has 0 saturated carbocycles. The molecule has 2 aromatic rings. The average molecular weight is 382 g/mol. The van der Waals surface area contributed by atoms with Gasteiger partial charge in [-0.05, 0) is 55.4 Å². The summed E-state index contributed by atoms with van der Waals surface area (Å²) in [4.78, 5) is 17.4. The molecule has 4 rings (SSSR count). The molecule has 1 N–H and O–H groups in total. The third-order valence-corrected chi connectivity index (χ3v) is 4.88. The van der Waals surface area contributed by atoms with Gasteiger partial charge in [-0.1, -0.05) is 12.1 Å². The summed E-state index contributed by atoms with van der Waals surface area (Å²) < 4.78 is 16.5. The minimum atomic E-state index is -0.188. The predicted molar refractivity (Wildman–Crippen MR) is 106 cm³/mol. The van der Waals surface area contributed by atoms with Crippen molar-refractivity contribution in [1.29, 1.82) is 0 Å². The van der Waals surface area contributed by atoms with Crippen molar-refractivity contribution in [1.82, 2.24) is 5.32 Å². The Morgan fingerprint density at radius 1 is 1.26 bits per heavy atom. The summed E-state index contributed by atoms with van der Waals surface area (Å²) in [6.07, 6.45) is 1.78. The fourth-order valence-corrected chi connectivity index (χ4v) is 3.60. The second kappa shape index (κ2) is 7.36. The Balaban J connectivity index is 1.64. The van der Waals surface area contributed by atoms with E-state index in [1.165, 1.54) is 11.8 Å². The lowest BCUT2D eigenvalue weighted by molar-refractivity contribution is -0.115. The van der Waals surface area contributed by atoms with E-state index >= 15 is 0 Å². The summed E-state index contributed by atoms with van der Waals surface area (Å²) in [5.41, 5.74) is 2.68. The minimum absolute atomic E-state index is 0.184. The highest BCUT2D eigenvalue weighted by atomic mass is 32.2. The molecule has 0 aromatic heterocycles. The smallest absolute Gasteiger partial charge is 0.264 e. The first kappa shape index (κ1) is 17.5. The lowest BCUT2D eigenvalue weighted by Crippen LogP contribution is -2.19. The summed E-state index contributed by atoms with van der Waals surface area (Å²) in [6.45, 7) is 4.61. The Hall–Kier alpha value is -2.93. The number of amides is 1. The molecular formula is C20H18N2O4S. The van der Waals surface area contributed by atoms with Gasteiger partial charge in [0.2, 0.25) is 6.79 Å². The number of nitrogens with zero attached hydrogens (tertiary/aromatic N) is 1. The van der Waals surface area contributed by atoms with Crippen LogP contribution in [0.4, 0.5) is 5.69 Å². The van der Waals surface area contributed by atoms with Crippen LogP contribution in [0, 0.1) is 6.92 Å². The molecule has 6 nitrogen and oxygen atoms in total. The molecule has 2 aliphatic heterocycles. The van der Waals surface area contributed by atoms with Gasteiger partial charge in [-0.25, -0.2) is 4.99 Å². The zero-order chi connectivity index (χ0) is 18.8. The van der Waals surface area contributed by atoms with E-state index in [2.05, 4.69) is 10.3 Å². The van der Waals surface area contributed by atoms with Gasteiger partial charge in [0.15, 0.2) is 16.7 Å². The van der Waals surface area contributed by atoms with Crippen LogP contribution in [0.5, 0.6) is 17.2 Å². The first-order valence-corrected chi connectivity index (χ1v) is 9.37. The standard InChI is InChI=1S/C20H18N2O4S/c1-3-24-15-10-17-16(25-11-26-17)8-13(15)9-18-19(23)22-20(27-18)21-14-6-4-5-12(2)7-14/h4-10H,3,11H2,1-2H3,(H,21,22,23). The predicted octanol–water partition coefficient (Wildman–Crippen LogP) is 4.01. The highest BCUT2D eigenvalue weighted by Gasteiger charge is 2.25. The molecular weight excluding hydrogens is 364 g/mol. The highest BCUT2D eigenvalue weighted by molar-refractivity contribution is 8.18. The van der Waals surface area contributed by atoms with Crippen LogP contribution in [0.3, 0.4) is 0 Å². The van der Waals surface area contributed by atoms with Crippen LogP contribution in [-0.4, -0.2) is 24.5 Å². The Kier molecular flexibility index (Phi) is 4.77. The third kappa shape index (κ3) is 3.78. The van der Waals surface area contributed by atoms with Gasteiger partial charge >= 0.3 is 0 Å². The van der Waals surface area contributed by atoms with E-state index < -0.39 is 0 Å². The number of aliphatic imine (C=N–C) groups is 1.